The Morgan fingerprint density at radius 3 is 2.35 bits per heavy atom. The van der Waals surface area contributed by atoms with E-state index in [1.165, 1.54) is 14.0 Å². The maximum absolute atomic E-state index is 11.2. The van der Waals surface area contributed by atoms with Crippen molar-refractivity contribution in [2.45, 2.75) is 26.3 Å². The number of oxime groups is 1. The quantitative estimate of drug-likeness (QED) is 0.639. The van der Waals surface area contributed by atoms with Crippen molar-refractivity contribution >= 4 is 11.6 Å². The third-order valence-corrected chi connectivity index (χ3v) is 2.31. The van der Waals surface area contributed by atoms with Gasteiger partial charge in [-0.2, -0.15) is 0 Å². The summed E-state index contributed by atoms with van der Waals surface area (Å²) in [6.07, 6.45) is 0. The van der Waals surface area contributed by atoms with Crippen LogP contribution in [0.15, 0.2) is 35.5 Å². The Bertz CT molecular complexity index is 411. The molecule has 92 valence electrons. The second-order valence-corrected chi connectivity index (χ2v) is 4.29. The van der Waals surface area contributed by atoms with Crippen molar-refractivity contribution in [2.75, 3.05) is 7.11 Å². The van der Waals surface area contributed by atoms with Crippen LogP contribution >= 0.6 is 0 Å². The van der Waals surface area contributed by atoms with E-state index >= 15 is 0 Å². The van der Waals surface area contributed by atoms with Crippen LogP contribution in [0.3, 0.4) is 0 Å². The van der Waals surface area contributed by atoms with Crippen LogP contribution in [-0.2, 0) is 9.63 Å². The fraction of sp³-hybridized carbons (Fsp3) is 0.385. The monoisotopic (exact) mass is 234 g/mol. The smallest absolute Gasteiger partial charge is 0.217 e. The minimum Gasteiger partial charge on any atom is -0.399 e. The highest BCUT2D eigenvalue weighted by atomic mass is 16.6. The minimum atomic E-state index is -0.580. The Morgan fingerprint density at radius 2 is 1.88 bits per heavy atom. The second kappa shape index (κ2) is 5.48. The number of carbonyl (C=O) groups excluding carboxylic acids is 1. The van der Waals surface area contributed by atoms with Crippen molar-refractivity contribution < 1.29 is 9.63 Å². The third-order valence-electron chi connectivity index (χ3n) is 2.31. The molecule has 1 aromatic rings. The molecule has 0 saturated heterocycles. The Kier molecular flexibility index (Phi) is 4.26. The molecule has 0 unspecified atom stereocenters. The first-order valence-electron chi connectivity index (χ1n) is 5.43. The molecule has 0 aliphatic carbocycles. The molecule has 1 rings (SSSR count). The number of hydrogen-bond donors (Lipinski definition) is 1. The van der Waals surface area contributed by atoms with Crippen molar-refractivity contribution in [3.05, 3.63) is 35.9 Å². The van der Waals surface area contributed by atoms with Gasteiger partial charge in [0, 0.05) is 12.5 Å². The van der Waals surface area contributed by atoms with Gasteiger partial charge in [0.2, 0.25) is 5.91 Å². The summed E-state index contributed by atoms with van der Waals surface area (Å²) in [7, 11) is 1.49. The zero-order valence-corrected chi connectivity index (χ0v) is 10.7. The van der Waals surface area contributed by atoms with Crippen LogP contribution in [0.5, 0.6) is 0 Å². The first kappa shape index (κ1) is 13.2. The average molecular weight is 234 g/mol. The fourth-order valence-electron chi connectivity index (χ4n) is 1.71. The van der Waals surface area contributed by atoms with Gasteiger partial charge in [-0.25, -0.2) is 0 Å². The topological polar surface area (TPSA) is 50.7 Å². The summed E-state index contributed by atoms with van der Waals surface area (Å²) in [5.41, 5.74) is 1.03. The van der Waals surface area contributed by atoms with E-state index in [1.807, 2.05) is 44.2 Å². The Morgan fingerprint density at radius 1 is 1.29 bits per heavy atom. The van der Waals surface area contributed by atoms with E-state index in [0.29, 0.717) is 5.71 Å². The van der Waals surface area contributed by atoms with E-state index in [9.17, 15) is 4.79 Å². The summed E-state index contributed by atoms with van der Waals surface area (Å²) in [4.78, 5) is 16.1. The molecular weight excluding hydrogens is 216 g/mol. The number of benzene rings is 1. The van der Waals surface area contributed by atoms with Crippen molar-refractivity contribution in [3.63, 3.8) is 0 Å². The standard InChI is InChI=1S/C13H18N2O2/c1-10(16)14-13(2,3)12(15-17-4)11-8-6-5-7-9-11/h5-9H,1-4H3,(H,14,16). The first-order valence-corrected chi connectivity index (χ1v) is 5.43. The van der Waals surface area contributed by atoms with Crippen LogP contribution < -0.4 is 5.32 Å². The molecule has 0 atom stereocenters. The third kappa shape index (κ3) is 3.59. The molecule has 0 aliphatic heterocycles. The van der Waals surface area contributed by atoms with Gasteiger partial charge in [-0.15, -0.1) is 0 Å². The maximum Gasteiger partial charge on any atom is 0.217 e. The lowest BCUT2D eigenvalue weighted by atomic mass is 9.92. The van der Waals surface area contributed by atoms with E-state index in [4.69, 9.17) is 4.84 Å². The zero-order valence-electron chi connectivity index (χ0n) is 10.7. The van der Waals surface area contributed by atoms with Crippen LogP contribution in [0.25, 0.3) is 0 Å². The molecule has 4 heteroatoms. The van der Waals surface area contributed by atoms with Crippen LogP contribution in [-0.4, -0.2) is 24.3 Å². The predicted octanol–water partition coefficient (Wildman–Crippen LogP) is 1.95. The predicted molar refractivity (Wildman–Crippen MR) is 67.9 cm³/mol. The maximum atomic E-state index is 11.2. The first-order chi connectivity index (χ1) is 7.97. The van der Waals surface area contributed by atoms with Crippen molar-refractivity contribution in [2.24, 2.45) is 5.16 Å². The number of rotatable bonds is 4. The van der Waals surface area contributed by atoms with E-state index in [2.05, 4.69) is 10.5 Å². The van der Waals surface area contributed by atoms with E-state index in [-0.39, 0.29) is 5.91 Å². The second-order valence-electron chi connectivity index (χ2n) is 4.29. The van der Waals surface area contributed by atoms with Crippen LogP contribution in [0, 0.1) is 0 Å². The normalized spacial score (nSPS) is 12.1. The van der Waals surface area contributed by atoms with E-state index in [1.54, 1.807) is 0 Å². The van der Waals surface area contributed by atoms with Gasteiger partial charge in [0.15, 0.2) is 0 Å². The van der Waals surface area contributed by atoms with Crippen molar-refractivity contribution in [3.8, 4) is 0 Å². The summed E-state index contributed by atoms with van der Waals surface area (Å²) in [6, 6.07) is 9.64. The molecule has 1 N–H and O–H groups in total. The van der Waals surface area contributed by atoms with Gasteiger partial charge >= 0.3 is 0 Å². The highest BCUT2D eigenvalue weighted by Gasteiger charge is 2.27. The molecule has 0 aliphatic rings. The summed E-state index contributed by atoms with van der Waals surface area (Å²) >= 11 is 0. The molecule has 0 radical (unpaired) electrons. The number of carbonyl (C=O) groups is 1. The van der Waals surface area contributed by atoms with Gasteiger partial charge in [0.1, 0.15) is 12.8 Å². The molecule has 0 heterocycles. The summed E-state index contributed by atoms with van der Waals surface area (Å²) in [5, 5.41) is 6.87. The van der Waals surface area contributed by atoms with E-state index < -0.39 is 5.54 Å². The molecule has 1 amide bonds. The zero-order chi connectivity index (χ0) is 12.9. The van der Waals surface area contributed by atoms with Gasteiger partial charge in [-0.05, 0) is 13.8 Å². The minimum absolute atomic E-state index is 0.102. The van der Waals surface area contributed by atoms with Gasteiger partial charge in [-0.1, -0.05) is 35.5 Å². The number of nitrogens with zero attached hydrogens (tertiary/aromatic N) is 1. The Hall–Kier alpha value is -1.84. The molecule has 4 nitrogen and oxygen atoms in total. The van der Waals surface area contributed by atoms with Crippen molar-refractivity contribution in [1.29, 1.82) is 0 Å². The van der Waals surface area contributed by atoms with Gasteiger partial charge in [-0.3, -0.25) is 4.79 Å². The van der Waals surface area contributed by atoms with Gasteiger partial charge in [0.25, 0.3) is 0 Å². The molecule has 17 heavy (non-hydrogen) atoms. The van der Waals surface area contributed by atoms with Crippen molar-refractivity contribution in [1.82, 2.24) is 5.32 Å². The number of nitrogens with one attached hydrogen (secondary N) is 1. The molecule has 0 bridgehead atoms. The highest BCUT2D eigenvalue weighted by molar-refractivity contribution is 6.08. The lowest BCUT2D eigenvalue weighted by Gasteiger charge is -2.27. The fourth-order valence-corrected chi connectivity index (χ4v) is 1.71. The lowest BCUT2D eigenvalue weighted by Crippen LogP contribution is -2.49. The van der Waals surface area contributed by atoms with Gasteiger partial charge < -0.3 is 10.2 Å². The summed E-state index contributed by atoms with van der Waals surface area (Å²) in [5.74, 6) is -0.102. The van der Waals surface area contributed by atoms with E-state index in [0.717, 1.165) is 5.56 Å². The molecule has 0 aromatic heterocycles. The summed E-state index contributed by atoms with van der Waals surface area (Å²) in [6.45, 7) is 5.26. The average Bonchev–Trinajstić information content (AvgIpc) is 2.25. The largest absolute Gasteiger partial charge is 0.399 e. The van der Waals surface area contributed by atoms with Crippen LogP contribution in [0.2, 0.25) is 0 Å². The molecule has 1 aromatic carbocycles. The Labute approximate surface area is 102 Å². The SMILES string of the molecule is CON=C(c1ccccc1)C(C)(C)NC(C)=O. The molecule has 0 fully saturated rings. The molecular formula is C13H18N2O2. The Balaban J connectivity index is 3.10. The lowest BCUT2D eigenvalue weighted by molar-refractivity contribution is -0.119. The van der Waals surface area contributed by atoms with Gasteiger partial charge in [0.05, 0.1) is 5.54 Å². The van der Waals surface area contributed by atoms with Crippen LogP contribution in [0.4, 0.5) is 0 Å². The molecule has 0 saturated carbocycles. The molecule has 0 spiro atoms. The number of amides is 1. The van der Waals surface area contributed by atoms with Crippen LogP contribution in [0.1, 0.15) is 26.3 Å². The summed E-state index contributed by atoms with van der Waals surface area (Å²) < 4.78 is 0. The number of hydrogen-bond acceptors (Lipinski definition) is 3. The highest BCUT2D eigenvalue weighted by Crippen LogP contribution is 2.14.